The summed E-state index contributed by atoms with van der Waals surface area (Å²) in [5.74, 6) is 0.713. The van der Waals surface area contributed by atoms with Crippen LogP contribution in [-0.2, 0) is 0 Å². The highest BCUT2D eigenvalue weighted by Crippen LogP contribution is 2.44. The molecule has 0 amide bonds. The first-order valence-electron chi connectivity index (χ1n) is 21.2. The van der Waals surface area contributed by atoms with Gasteiger partial charge in [-0.3, -0.25) is 0 Å². The number of hydrogen-bond acceptors (Lipinski definition) is 2. The van der Waals surface area contributed by atoms with Crippen molar-refractivity contribution >= 4 is 53.9 Å². The Hall–Kier alpha value is -8.20. The molecule has 0 radical (unpaired) electrons. The number of aromatic nitrogens is 2. The highest BCUT2D eigenvalue weighted by molar-refractivity contribution is 6.23. The van der Waals surface area contributed by atoms with E-state index in [-0.39, 0.29) is 0 Å². The van der Waals surface area contributed by atoms with Crippen molar-refractivity contribution in [2.24, 2.45) is 0 Å². The molecule has 0 spiro atoms. The summed E-state index contributed by atoms with van der Waals surface area (Å²) in [4.78, 5) is 10.2. The van der Waals surface area contributed by atoms with Crippen LogP contribution in [0.1, 0.15) is 0 Å². The minimum atomic E-state index is 0.713. The predicted octanol–water partition coefficient (Wildman–Crippen LogP) is 16.2. The maximum atomic E-state index is 5.11. The molecule has 2 heteroatoms. The third-order valence-corrected chi connectivity index (χ3v) is 12.5. The van der Waals surface area contributed by atoms with Crippen LogP contribution in [-0.4, -0.2) is 9.97 Å². The molecule has 1 heterocycles. The molecule has 0 unspecified atom stereocenters. The van der Waals surface area contributed by atoms with Crippen LogP contribution in [0.25, 0.3) is 121 Å². The highest BCUT2D eigenvalue weighted by Gasteiger charge is 2.17. The smallest absolute Gasteiger partial charge is 0.160 e. The largest absolute Gasteiger partial charge is 0.228 e. The maximum Gasteiger partial charge on any atom is 0.160 e. The Morgan fingerprint density at radius 1 is 0.226 bits per heavy atom. The van der Waals surface area contributed by atoms with Crippen molar-refractivity contribution in [3.05, 3.63) is 231 Å². The molecule has 0 aliphatic carbocycles. The van der Waals surface area contributed by atoms with E-state index in [2.05, 4.69) is 212 Å². The molecular formula is C60H38N2. The molecule has 0 atom stereocenters. The molecule has 0 aliphatic heterocycles. The Morgan fingerprint density at radius 2 is 0.758 bits per heavy atom. The minimum absolute atomic E-state index is 0.713. The van der Waals surface area contributed by atoms with Gasteiger partial charge >= 0.3 is 0 Å². The topological polar surface area (TPSA) is 25.8 Å². The summed E-state index contributed by atoms with van der Waals surface area (Å²) in [6.45, 7) is 0. The molecule has 0 fully saturated rings. The Kier molecular flexibility index (Phi) is 8.53. The second-order valence-electron chi connectivity index (χ2n) is 16.1. The van der Waals surface area contributed by atoms with Crippen LogP contribution in [0, 0.1) is 0 Å². The summed E-state index contributed by atoms with van der Waals surface area (Å²) in [5.41, 5.74) is 12.2. The van der Waals surface area contributed by atoms with E-state index in [1.54, 1.807) is 0 Å². The van der Waals surface area contributed by atoms with Gasteiger partial charge in [0.2, 0.25) is 0 Å². The summed E-state index contributed by atoms with van der Waals surface area (Å²) >= 11 is 0. The maximum absolute atomic E-state index is 5.11. The Balaban J connectivity index is 0.906. The average molecular weight is 787 g/mol. The molecule has 2 nitrogen and oxygen atoms in total. The lowest BCUT2D eigenvalue weighted by atomic mass is 9.86. The lowest BCUT2D eigenvalue weighted by Gasteiger charge is -2.17. The molecule has 0 aliphatic rings. The van der Waals surface area contributed by atoms with Gasteiger partial charge in [-0.25, -0.2) is 9.97 Å². The van der Waals surface area contributed by atoms with E-state index in [0.29, 0.717) is 5.82 Å². The first-order valence-corrected chi connectivity index (χ1v) is 21.2. The monoisotopic (exact) mass is 786 g/mol. The van der Waals surface area contributed by atoms with E-state index in [4.69, 9.17) is 9.97 Å². The molecule has 12 rings (SSSR count). The molecule has 288 valence electrons. The van der Waals surface area contributed by atoms with Crippen molar-refractivity contribution in [3.63, 3.8) is 0 Å². The second kappa shape index (κ2) is 14.8. The Morgan fingerprint density at radius 3 is 1.50 bits per heavy atom. The lowest BCUT2D eigenvalue weighted by Crippen LogP contribution is -1.96. The van der Waals surface area contributed by atoms with E-state index in [0.717, 1.165) is 33.6 Å². The van der Waals surface area contributed by atoms with Gasteiger partial charge in [-0.05, 0) is 99.4 Å². The minimum Gasteiger partial charge on any atom is -0.228 e. The second-order valence-corrected chi connectivity index (χ2v) is 16.1. The van der Waals surface area contributed by atoms with Crippen LogP contribution in [0.2, 0.25) is 0 Å². The summed E-state index contributed by atoms with van der Waals surface area (Å²) in [5, 5.41) is 12.5. The zero-order valence-electron chi connectivity index (χ0n) is 33.8. The summed E-state index contributed by atoms with van der Waals surface area (Å²) in [6, 6.07) is 83.0. The molecular weight excluding hydrogens is 749 g/mol. The van der Waals surface area contributed by atoms with E-state index in [1.807, 2.05) is 18.2 Å². The summed E-state index contributed by atoms with van der Waals surface area (Å²) in [7, 11) is 0. The summed E-state index contributed by atoms with van der Waals surface area (Å²) < 4.78 is 0. The van der Waals surface area contributed by atoms with E-state index in [9.17, 15) is 0 Å². The van der Waals surface area contributed by atoms with Crippen LogP contribution in [0.5, 0.6) is 0 Å². The van der Waals surface area contributed by atoms with Gasteiger partial charge in [0, 0.05) is 16.7 Å². The number of rotatable bonds is 6. The molecule has 0 saturated heterocycles. The number of hydrogen-bond donors (Lipinski definition) is 0. The van der Waals surface area contributed by atoms with Crippen molar-refractivity contribution in [3.8, 4) is 67.3 Å². The van der Waals surface area contributed by atoms with Gasteiger partial charge in [0.25, 0.3) is 0 Å². The van der Waals surface area contributed by atoms with Gasteiger partial charge in [0.1, 0.15) is 0 Å². The molecule has 1 aromatic heterocycles. The van der Waals surface area contributed by atoms with E-state index in [1.165, 1.54) is 81.7 Å². The standard InChI is InChI=1S/C60H38N2/c1-2-15-45(16-3-1)60-61-57(38-58(62-60)53-24-12-18-41-13-4-7-19-47(41)53)44-31-27-40(28-32-44)39-25-29-43(30-26-39)49-35-36-54(52-23-11-10-22-51(49)52)59-50-21-9-6-17-46(50)37-56-48-20-8-5-14-42(48)33-34-55(56)59/h1-38H. The number of nitrogens with zero attached hydrogens (tertiary/aromatic N) is 2. The number of fused-ring (bicyclic) bond motifs is 6. The van der Waals surface area contributed by atoms with Crippen LogP contribution >= 0.6 is 0 Å². The first-order chi connectivity index (χ1) is 30.7. The molecule has 62 heavy (non-hydrogen) atoms. The van der Waals surface area contributed by atoms with Crippen molar-refractivity contribution in [1.29, 1.82) is 0 Å². The quantitative estimate of drug-likeness (QED) is 0.124. The fourth-order valence-corrected chi connectivity index (χ4v) is 9.45. The van der Waals surface area contributed by atoms with Crippen molar-refractivity contribution in [2.75, 3.05) is 0 Å². The van der Waals surface area contributed by atoms with Crippen LogP contribution in [0.3, 0.4) is 0 Å². The fraction of sp³-hybridized carbons (Fsp3) is 0. The molecule has 12 aromatic rings. The predicted molar refractivity (Wildman–Crippen MR) is 262 cm³/mol. The average Bonchev–Trinajstić information content (AvgIpc) is 3.35. The Bertz CT molecular complexity index is 3660. The van der Waals surface area contributed by atoms with Gasteiger partial charge in [-0.2, -0.15) is 0 Å². The third-order valence-electron chi connectivity index (χ3n) is 12.5. The van der Waals surface area contributed by atoms with Crippen LogP contribution in [0.15, 0.2) is 231 Å². The Labute approximate surface area is 360 Å². The zero-order valence-corrected chi connectivity index (χ0v) is 33.8. The third kappa shape index (κ3) is 6.12. The summed E-state index contributed by atoms with van der Waals surface area (Å²) in [6.07, 6.45) is 0. The van der Waals surface area contributed by atoms with Crippen molar-refractivity contribution in [1.82, 2.24) is 9.97 Å². The van der Waals surface area contributed by atoms with Gasteiger partial charge in [-0.15, -0.1) is 0 Å². The first kappa shape index (κ1) is 35.7. The van der Waals surface area contributed by atoms with Crippen LogP contribution < -0.4 is 0 Å². The van der Waals surface area contributed by atoms with Gasteiger partial charge in [0.05, 0.1) is 11.4 Å². The SMILES string of the molecule is c1ccc(-c2nc(-c3ccc(-c4ccc(-c5ccc(-c6c7ccccc7cc7c6ccc6ccccc67)c6ccccc56)cc4)cc3)cc(-c3cccc4ccccc34)n2)cc1. The molecule has 0 N–H and O–H groups in total. The molecule has 0 bridgehead atoms. The van der Waals surface area contributed by atoms with E-state index >= 15 is 0 Å². The van der Waals surface area contributed by atoms with Crippen molar-refractivity contribution in [2.45, 2.75) is 0 Å². The van der Waals surface area contributed by atoms with E-state index < -0.39 is 0 Å². The van der Waals surface area contributed by atoms with Gasteiger partial charge < -0.3 is 0 Å². The van der Waals surface area contributed by atoms with Crippen LogP contribution in [0.4, 0.5) is 0 Å². The fourth-order valence-electron chi connectivity index (χ4n) is 9.45. The number of benzene rings is 11. The lowest BCUT2D eigenvalue weighted by molar-refractivity contribution is 1.18. The van der Waals surface area contributed by atoms with Gasteiger partial charge in [0.15, 0.2) is 5.82 Å². The van der Waals surface area contributed by atoms with Gasteiger partial charge in [-0.1, -0.05) is 218 Å². The zero-order chi connectivity index (χ0) is 41.0. The molecule has 11 aromatic carbocycles. The molecule has 0 saturated carbocycles. The highest BCUT2D eigenvalue weighted by atomic mass is 14.9. The normalized spacial score (nSPS) is 11.5. The van der Waals surface area contributed by atoms with Crippen molar-refractivity contribution < 1.29 is 0 Å².